The maximum absolute atomic E-state index is 5.39. The number of nitrogens with one attached hydrogen (secondary N) is 2. The van der Waals surface area contributed by atoms with E-state index in [1.54, 1.807) is 0 Å². The van der Waals surface area contributed by atoms with Gasteiger partial charge in [0.25, 0.3) is 5.95 Å². The summed E-state index contributed by atoms with van der Waals surface area (Å²) in [6.45, 7) is 2.01. The second kappa shape index (κ2) is 5.35. The minimum atomic E-state index is 0.277. The fourth-order valence-electron chi connectivity index (χ4n) is 2.14. The molecule has 0 saturated carbocycles. The fourth-order valence-corrected chi connectivity index (χ4v) is 2.14. The molecule has 20 heavy (non-hydrogen) atoms. The van der Waals surface area contributed by atoms with Gasteiger partial charge in [0.05, 0.1) is 0 Å². The van der Waals surface area contributed by atoms with Crippen LogP contribution in [0.3, 0.4) is 0 Å². The van der Waals surface area contributed by atoms with E-state index in [4.69, 9.17) is 5.84 Å². The van der Waals surface area contributed by atoms with Gasteiger partial charge in [-0.2, -0.15) is 24.7 Å². The Bertz CT molecular complexity index is 567. The molecule has 0 spiro atoms. The van der Waals surface area contributed by atoms with Crippen LogP contribution in [0.5, 0.6) is 0 Å². The van der Waals surface area contributed by atoms with E-state index in [0.29, 0.717) is 17.9 Å². The molecule has 1 fully saturated rings. The number of hydrogen-bond donors (Lipinski definition) is 3. The van der Waals surface area contributed by atoms with Crippen LogP contribution < -0.4 is 16.6 Å². The van der Waals surface area contributed by atoms with Gasteiger partial charge in [-0.1, -0.05) is 0 Å². The third-order valence-corrected chi connectivity index (χ3v) is 3.10. The number of aromatic nitrogens is 6. The quantitative estimate of drug-likeness (QED) is 0.469. The first-order chi connectivity index (χ1) is 9.74. The highest BCUT2D eigenvalue weighted by atomic mass is 15.4. The van der Waals surface area contributed by atoms with Crippen molar-refractivity contribution in [1.29, 1.82) is 0 Å². The zero-order valence-corrected chi connectivity index (χ0v) is 11.1. The average molecular weight is 276 g/mol. The number of nitrogens with two attached hydrogens (primary N) is 1. The second-order valence-corrected chi connectivity index (χ2v) is 4.66. The van der Waals surface area contributed by atoms with Gasteiger partial charge in [0.15, 0.2) is 0 Å². The van der Waals surface area contributed by atoms with Gasteiger partial charge in [-0.3, -0.25) is 5.43 Å². The summed E-state index contributed by atoms with van der Waals surface area (Å²) in [5.74, 6) is 6.50. The number of hydrogen-bond acceptors (Lipinski definition) is 9. The summed E-state index contributed by atoms with van der Waals surface area (Å²) in [5, 5.41) is 7.28. The van der Waals surface area contributed by atoms with Crippen molar-refractivity contribution in [3.05, 3.63) is 12.7 Å². The summed E-state index contributed by atoms with van der Waals surface area (Å²) >= 11 is 0. The maximum Gasteiger partial charge on any atom is 0.258 e. The lowest BCUT2D eigenvalue weighted by Crippen LogP contribution is -2.25. The van der Waals surface area contributed by atoms with Crippen LogP contribution in [0.4, 0.5) is 11.9 Å². The monoisotopic (exact) mass is 276 g/mol. The predicted molar refractivity (Wildman–Crippen MR) is 72.1 cm³/mol. The van der Waals surface area contributed by atoms with Crippen LogP contribution in [-0.4, -0.2) is 60.8 Å². The van der Waals surface area contributed by atoms with Crippen LogP contribution in [0.2, 0.25) is 0 Å². The Balaban J connectivity index is 1.85. The van der Waals surface area contributed by atoms with E-state index in [1.807, 2.05) is 0 Å². The van der Waals surface area contributed by atoms with E-state index in [9.17, 15) is 0 Å². The topological polar surface area (TPSA) is 123 Å². The van der Waals surface area contributed by atoms with Gasteiger partial charge in [-0.25, -0.2) is 10.8 Å². The fraction of sp³-hybridized carbons (Fsp3) is 0.500. The molecule has 0 amide bonds. The molecule has 1 unspecified atom stereocenters. The number of hydrazine groups is 1. The minimum absolute atomic E-state index is 0.277. The van der Waals surface area contributed by atoms with Crippen molar-refractivity contribution in [2.75, 3.05) is 30.9 Å². The van der Waals surface area contributed by atoms with Crippen LogP contribution in [0.15, 0.2) is 12.7 Å². The smallest absolute Gasteiger partial charge is 0.258 e. The zero-order valence-electron chi connectivity index (χ0n) is 11.1. The molecular weight excluding hydrogens is 260 g/mol. The van der Waals surface area contributed by atoms with E-state index in [1.165, 1.54) is 17.3 Å². The number of nitrogen functional groups attached to an aromatic ring is 1. The maximum atomic E-state index is 5.39. The summed E-state index contributed by atoms with van der Waals surface area (Å²) in [4.78, 5) is 18.8. The Labute approximate surface area is 115 Å². The van der Waals surface area contributed by atoms with Gasteiger partial charge in [-0.15, -0.1) is 0 Å². The largest absolute Gasteiger partial charge is 0.350 e. The van der Waals surface area contributed by atoms with Crippen LogP contribution in [0.1, 0.15) is 6.42 Å². The van der Waals surface area contributed by atoms with Gasteiger partial charge < -0.3 is 10.2 Å². The summed E-state index contributed by atoms with van der Waals surface area (Å²) in [5.41, 5.74) is 2.43. The van der Waals surface area contributed by atoms with Gasteiger partial charge in [0.2, 0.25) is 11.9 Å². The first kappa shape index (κ1) is 12.7. The Morgan fingerprint density at radius 3 is 2.80 bits per heavy atom. The van der Waals surface area contributed by atoms with E-state index >= 15 is 0 Å². The molecule has 0 bridgehead atoms. The van der Waals surface area contributed by atoms with Crippen LogP contribution in [0.25, 0.3) is 5.95 Å². The Morgan fingerprint density at radius 1 is 1.30 bits per heavy atom. The van der Waals surface area contributed by atoms with Crippen molar-refractivity contribution in [3.63, 3.8) is 0 Å². The summed E-state index contributed by atoms with van der Waals surface area (Å²) in [6, 6.07) is 0.316. The molecule has 0 radical (unpaired) electrons. The lowest BCUT2D eigenvalue weighted by atomic mass is 10.3. The van der Waals surface area contributed by atoms with Crippen LogP contribution in [0, 0.1) is 0 Å². The average Bonchev–Trinajstić information content (AvgIpc) is 3.10. The van der Waals surface area contributed by atoms with Crippen LogP contribution in [-0.2, 0) is 0 Å². The highest BCUT2D eigenvalue weighted by molar-refractivity contribution is 5.37. The molecule has 2 aromatic rings. The van der Waals surface area contributed by atoms with Gasteiger partial charge in [0.1, 0.15) is 12.7 Å². The van der Waals surface area contributed by atoms with Gasteiger partial charge in [0, 0.05) is 12.6 Å². The van der Waals surface area contributed by atoms with Crippen molar-refractivity contribution >= 4 is 11.9 Å². The number of likely N-dealkylation sites (N-methyl/N-ethyl adjacent to an activating group) is 1. The Kier molecular flexibility index (Phi) is 3.39. The standard InChI is InChI=1S/C10H16N10/c1-19-3-2-7(4-19)14-8-15-9(18-11)17-10(16-8)20-6-12-5-13-20/h5-7H,2-4,11H2,1H3,(H2,14,15,16,17,18). The molecule has 10 heteroatoms. The lowest BCUT2D eigenvalue weighted by Gasteiger charge is -2.13. The van der Waals surface area contributed by atoms with Crippen LogP contribution >= 0.6 is 0 Å². The third-order valence-electron chi connectivity index (χ3n) is 3.10. The molecular formula is C10H16N10. The molecule has 10 nitrogen and oxygen atoms in total. The molecule has 3 rings (SSSR count). The number of nitrogens with zero attached hydrogens (tertiary/aromatic N) is 7. The molecule has 106 valence electrons. The van der Waals surface area contributed by atoms with Gasteiger partial charge in [-0.05, 0) is 20.0 Å². The molecule has 1 saturated heterocycles. The number of likely N-dealkylation sites (tertiary alicyclic amines) is 1. The van der Waals surface area contributed by atoms with E-state index < -0.39 is 0 Å². The Morgan fingerprint density at radius 2 is 2.15 bits per heavy atom. The normalized spacial score (nSPS) is 19.2. The van der Waals surface area contributed by atoms with E-state index in [-0.39, 0.29) is 5.95 Å². The SMILES string of the molecule is CN1CCC(Nc2nc(NN)nc(-n3cncn3)n2)C1. The second-order valence-electron chi connectivity index (χ2n) is 4.66. The molecule has 1 aliphatic heterocycles. The summed E-state index contributed by atoms with van der Waals surface area (Å²) in [6.07, 6.45) is 3.98. The number of rotatable bonds is 4. The Hall–Kier alpha value is -2.33. The van der Waals surface area contributed by atoms with Crippen molar-refractivity contribution in [2.24, 2.45) is 5.84 Å². The summed E-state index contributed by atoms with van der Waals surface area (Å²) in [7, 11) is 2.09. The van der Waals surface area contributed by atoms with Gasteiger partial charge >= 0.3 is 0 Å². The summed E-state index contributed by atoms with van der Waals surface area (Å²) < 4.78 is 1.45. The lowest BCUT2D eigenvalue weighted by molar-refractivity contribution is 0.414. The molecule has 4 N–H and O–H groups in total. The number of anilines is 2. The molecule has 1 atom stereocenters. The molecule has 3 heterocycles. The molecule has 1 aliphatic rings. The molecule has 0 aliphatic carbocycles. The van der Waals surface area contributed by atoms with Crippen molar-refractivity contribution in [3.8, 4) is 5.95 Å². The van der Waals surface area contributed by atoms with Crippen molar-refractivity contribution < 1.29 is 0 Å². The first-order valence-electron chi connectivity index (χ1n) is 6.27. The van der Waals surface area contributed by atoms with Crippen molar-refractivity contribution in [1.82, 2.24) is 34.6 Å². The third kappa shape index (κ3) is 2.65. The highest BCUT2D eigenvalue weighted by Gasteiger charge is 2.20. The minimum Gasteiger partial charge on any atom is -0.350 e. The predicted octanol–water partition coefficient (Wildman–Crippen LogP) is -1.15. The van der Waals surface area contributed by atoms with E-state index in [0.717, 1.165) is 19.5 Å². The highest BCUT2D eigenvalue weighted by Crippen LogP contribution is 2.13. The van der Waals surface area contributed by atoms with E-state index in [2.05, 4.69) is 47.7 Å². The molecule has 0 aromatic carbocycles. The zero-order chi connectivity index (χ0) is 13.9. The first-order valence-corrected chi connectivity index (χ1v) is 6.27. The van der Waals surface area contributed by atoms with Crippen molar-refractivity contribution in [2.45, 2.75) is 12.5 Å². The molecule has 2 aromatic heterocycles.